The third kappa shape index (κ3) is 2.97. The molecular weight excluding hydrogens is 296 g/mol. The van der Waals surface area contributed by atoms with Gasteiger partial charge >= 0.3 is 0 Å². The summed E-state index contributed by atoms with van der Waals surface area (Å²) in [6, 6.07) is 7.12. The minimum atomic E-state index is -1.09. The van der Waals surface area contributed by atoms with Crippen molar-refractivity contribution in [1.82, 2.24) is 19.7 Å². The van der Waals surface area contributed by atoms with Crippen molar-refractivity contribution in [2.24, 2.45) is 0 Å². The van der Waals surface area contributed by atoms with Crippen LogP contribution >= 0.6 is 0 Å². The first-order valence-electron chi connectivity index (χ1n) is 7.68. The van der Waals surface area contributed by atoms with Crippen LogP contribution in [-0.2, 0) is 0 Å². The Morgan fingerprint density at radius 2 is 1.96 bits per heavy atom. The minimum absolute atomic E-state index is 0.141. The van der Waals surface area contributed by atoms with Crippen LogP contribution in [0.1, 0.15) is 30.1 Å². The maximum Gasteiger partial charge on any atom is 0.253 e. The van der Waals surface area contributed by atoms with Crippen LogP contribution in [0.3, 0.4) is 0 Å². The molecule has 122 valence electrons. The van der Waals surface area contributed by atoms with E-state index in [2.05, 4.69) is 10.2 Å². The average molecular weight is 316 g/mol. The highest BCUT2D eigenvalue weighted by molar-refractivity contribution is 5.94. The Labute approximate surface area is 134 Å². The van der Waals surface area contributed by atoms with Crippen LogP contribution in [0, 0.1) is 0 Å². The SMILES string of the molecule is CC[C@@]1(O)CCN(C(=O)c2ccc(-n3cnnc3)cc2)C[C@H]1O. The van der Waals surface area contributed by atoms with Crippen LogP contribution in [0.25, 0.3) is 5.69 Å². The van der Waals surface area contributed by atoms with Gasteiger partial charge in [-0.25, -0.2) is 0 Å². The summed E-state index contributed by atoms with van der Waals surface area (Å²) in [6.07, 6.45) is 3.12. The number of carbonyl (C=O) groups is 1. The lowest BCUT2D eigenvalue weighted by Gasteiger charge is -2.41. The number of amides is 1. The van der Waals surface area contributed by atoms with Gasteiger partial charge in [-0.1, -0.05) is 6.92 Å². The molecule has 0 saturated carbocycles. The molecule has 0 aliphatic carbocycles. The number of piperidine rings is 1. The third-order valence-electron chi connectivity index (χ3n) is 4.56. The summed E-state index contributed by atoms with van der Waals surface area (Å²) in [5.74, 6) is -0.141. The highest BCUT2D eigenvalue weighted by Crippen LogP contribution is 2.26. The summed E-state index contributed by atoms with van der Waals surface area (Å²) in [4.78, 5) is 14.1. The second-order valence-electron chi connectivity index (χ2n) is 5.89. The lowest BCUT2D eigenvalue weighted by molar-refractivity contribution is -0.114. The predicted molar refractivity (Wildman–Crippen MR) is 83.1 cm³/mol. The molecule has 0 radical (unpaired) electrons. The molecule has 1 aliphatic rings. The number of aliphatic hydroxyl groups is 2. The van der Waals surface area contributed by atoms with Crippen LogP contribution in [0.15, 0.2) is 36.9 Å². The number of rotatable bonds is 3. The van der Waals surface area contributed by atoms with Crippen LogP contribution < -0.4 is 0 Å². The molecule has 3 rings (SSSR count). The molecule has 7 heteroatoms. The maximum absolute atomic E-state index is 12.5. The molecule has 2 aromatic rings. The average Bonchev–Trinajstić information content (AvgIpc) is 3.11. The molecule has 7 nitrogen and oxygen atoms in total. The van der Waals surface area contributed by atoms with Gasteiger partial charge in [0.25, 0.3) is 5.91 Å². The summed E-state index contributed by atoms with van der Waals surface area (Å²) in [5.41, 5.74) is 0.330. The maximum atomic E-state index is 12.5. The van der Waals surface area contributed by atoms with E-state index >= 15 is 0 Å². The molecule has 23 heavy (non-hydrogen) atoms. The fourth-order valence-corrected chi connectivity index (χ4v) is 2.85. The summed E-state index contributed by atoms with van der Waals surface area (Å²) in [7, 11) is 0. The fraction of sp³-hybridized carbons (Fsp3) is 0.438. The van der Waals surface area contributed by atoms with E-state index in [0.717, 1.165) is 5.69 Å². The van der Waals surface area contributed by atoms with Crippen LogP contribution in [0.5, 0.6) is 0 Å². The lowest BCUT2D eigenvalue weighted by atomic mass is 9.86. The van der Waals surface area contributed by atoms with Crippen molar-refractivity contribution >= 4 is 5.91 Å². The molecule has 1 fully saturated rings. The number of aliphatic hydroxyl groups excluding tert-OH is 1. The van der Waals surface area contributed by atoms with Gasteiger partial charge in [-0.05, 0) is 37.1 Å². The quantitative estimate of drug-likeness (QED) is 0.866. The second-order valence-corrected chi connectivity index (χ2v) is 5.89. The van der Waals surface area contributed by atoms with Gasteiger partial charge in [0.1, 0.15) is 18.8 Å². The predicted octanol–water partition coefficient (Wildman–Crippen LogP) is 0.615. The molecule has 1 amide bonds. The summed E-state index contributed by atoms with van der Waals surface area (Å²) in [5, 5.41) is 27.9. The highest BCUT2D eigenvalue weighted by atomic mass is 16.3. The van der Waals surface area contributed by atoms with Gasteiger partial charge in [0, 0.05) is 24.3 Å². The Morgan fingerprint density at radius 3 is 2.52 bits per heavy atom. The summed E-state index contributed by atoms with van der Waals surface area (Å²) < 4.78 is 1.75. The van der Waals surface area contributed by atoms with Gasteiger partial charge in [-0.15, -0.1) is 10.2 Å². The van der Waals surface area contributed by atoms with E-state index in [4.69, 9.17) is 0 Å². The Balaban J connectivity index is 1.71. The molecule has 1 aromatic heterocycles. The standard InChI is InChI=1S/C16H20N4O3/c1-2-16(23)7-8-19(9-14(16)21)15(22)12-3-5-13(6-4-12)20-10-17-18-11-20/h3-6,10-11,14,21,23H,2,7-9H2,1H3/t14-,16-/m1/s1. The van der Waals surface area contributed by atoms with Gasteiger partial charge in [-0.3, -0.25) is 9.36 Å². The van der Waals surface area contributed by atoms with Crippen LogP contribution in [0.2, 0.25) is 0 Å². The van der Waals surface area contributed by atoms with E-state index in [1.807, 2.05) is 19.1 Å². The summed E-state index contributed by atoms with van der Waals surface area (Å²) in [6.45, 7) is 2.42. The molecule has 0 bridgehead atoms. The highest BCUT2D eigenvalue weighted by Gasteiger charge is 2.40. The number of nitrogens with zero attached hydrogens (tertiary/aromatic N) is 4. The van der Waals surface area contributed by atoms with Crippen molar-refractivity contribution in [2.45, 2.75) is 31.5 Å². The van der Waals surface area contributed by atoms with Gasteiger partial charge in [0.2, 0.25) is 0 Å². The monoisotopic (exact) mass is 316 g/mol. The van der Waals surface area contributed by atoms with Crippen molar-refractivity contribution in [3.05, 3.63) is 42.5 Å². The van der Waals surface area contributed by atoms with Crippen LogP contribution in [0.4, 0.5) is 0 Å². The van der Waals surface area contributed by atoms with E-state index in [0.29, 0.717) is 24.9 Å². The summed E-state index contributed by atoms with van der Waals surface area (Å²) >= 11 is 0. The normalized spacial score (nSPS) is 24.7. The molecule has 2 N–H and O–H groups in total. The molecule has 2 heterocycles. The molecule has 1 aromatic carbocycles. The number of carbonyl (C=O) groups excluding carboxylic acids is 1. The largest absolute Gasteiger partial charge is 0.388 e. The fourth-order valence-electron chi connectivity index (χ4n) is 2.85. The molecule has 0 spiro atoms. The number of hydrogen-bond donors (Lipinski definition) is 2. The second kappa shape index (κ2) is 6.10. The number of aromatic nitrogens is 3. The van der Waals surface area contributed by atoms with E-state index in [1.54, 1.807) is 34.3 Å². The Bertz CT molecular complexity index is 671. The Hall–Kier alpha value is -2.25. The number of benzene rings is 1. The van der Waals surface area contributed by atoms with Gasteiger partial charge in [-0.2, -0.15) is 0 Å². The van der Waals surface area contributed by atoms with Gasteiger partial charge < -0.3 is 15.1 Å². The van der Waals surface area contributed by atoms with Crippen molar-refractivity contribution < 1.29 is 15.0 Å². The van der Waals surface area contributed by atoms with Crippen molar-refractivity contribution in [3.8, 4) is 5.69 Å². The van der Waals surface area contributed by atoms with Gasteiger partial charge in [0.15, 0.2) is 0 Å². The lowest BCUT2D eigenvalue weighted by Crippen LogP contribution is -2.56. The zero-order chi connectivity index (χ0) is 16.4. The molecule has 2 atom stereocenters. The number of likely N-dealkylation sites (tertiary alicyclic amines) is 1. The first-order chi connectivity index (χ1) is 11.0. The van der Waals surface area contributed by atoms with E-state index < -0.39 is 11.7 Å². The van der Waals surface area contributed by atoms with Gasteiger partial charge in [0.05, 0.1) is 5.60 Å². The number of β-amino-alcohol motifs (C(OH)–C–C–N with tert-alkyl or cyclic N) is 1. The molecular formula is C16H20N4O3. The molecule has 0 unspecified atom stereocenters. The molecule has 1 aliphatic heterocycles. The minimum Gasteiger partial charge on any atom is -0.388 e. The molecule has 1 saturated heterocycles. The van der Waals surface area contributed by atoms with E-state index in [9.17, 15) is 15.0 Å². The van der Waals surface area contributed by atoms with E-state index in [1.165, 1.54) is 0 Å². The van der Waals surface area contributed by atoms with Crippen LogP contribution in [-0.4, -0.2) is 60.6 Å². The van der Waals surface area contributed by atoms with Crippen molar-refractivity contribution in [3.63, 3.8) is 0 Å². The Morgan fingerprint density at radius 1 is 1.30 bits per heavy atom. The Kier molecular flexibility index (Phi) is 4.14. The first-order valence-corrected chi connectivity index (χ1v) is 7.68. The van der Waals surface area contributed by atoms with Crippen molar-refractivity contribution in [1.29, 1.82) is 0 Å². The topological polar surface area (TPSA) is 91.5 Å². The zero-order valence-corrected chi connectivity index (χ0v) is 13.0. The smallest absolute Gasteiger partial charge is 0.253 e. The third-order valence-corrected chi connectivity index (χ3v) is 4.56. The van der Waals surface area contributed by atoms with E-state index in [-0.39, 0.29) is 12.5 Å². The first kappa shape index (κ1) is 15.6. The number of hydrogen-bond acceptors (Lipinski definition) is 5. The zero-order valence-electron chi connectivity index (χ0n) is 13.0. The van der Waals surface area contributed by atoms with Crippen molar-refractivity contribution in [2.75, 3.05) is 13.1 Å².